The van der Waals surface area contributed by atoms with Gasteiger partial charge in [0.1, 0.15) is 0 Å². The highest BCUT2D eigenvalue weighted by molar-refractivity contribution is 5.76. The van der Waals surface area contributed by atoms with Crippen molar-refractivity contribution in [2.24, 2.45) is 11.5 Å². The Balaban J connectivity index is 3.44. The lowest BCUT2D eigenvalue weighted by atomic mass is 10.2. The maximum atomic E-state index is 10.3. The topological polar surface area (TPSA) is 98.2 Å². The van der Waals surface area contributed by atoms with Gasteiger partial charge in [0.05, 0.1) is 6.54 Å². The molecule has 0 rings (SSSR count). The molecule has 0 heterocycles. The van der Waals surface area contributed by atoms with Gasteiger partial charge < -0.3 is 16.8 Å². The first-order chi connectivity index (χ1) is 5.02. The van der Waals surface area contributed by atoms with Crippen molar-refractivity contribution in [3.8, 4) is 0 Å². The Hall–Kier alpha value is -1.10. The van der Waals surface area contributed by atoms with Crippen LogP contribution in [0, 0.1) is 0 Å². The largest absolute Gasteiger partial charge is 0.370 e. The summed E-state index contributed by atoms with van der Waals surface area (Å²) >= 11 is 0. The number of nitrogens with one attached hydrogen (secondary N) is 1. The summed E-state index contributed by atoms with van der Waals surface area (Å²) in [5.41, 5.74) is 9.76. The van der Waals surface area contributed by atoms with E-state index in [1.807, 2.05) is 0 Å². The number of rotatable bonds is 5. The molecular formula is C6H13N3O2. The van der Waals surface area contributed by atoms with Gasteiger partial charge in [0, 0.05) is 12.5 Å². The van der Waals surface area contributed by atoms with Crippen LogP contribution in [0.5, 0.6) is 0 Å². The van der Waals surface area contributed by atoms with Gasteiger partial charge in [-0.1, -0.05) is 0 Å². The zero-order valence-electron chi connectivity index (χ0n) is 6.46. The van der Waals surface area contributed by atoms with Crippen LogP contribution in [0.3, 0.4) is 0 Å². The minimum atomic E-state index is -0.443. The third-order valence-electron chi connectivity index (χ3n) is 1.13. The highest BCUT2D eigenvalue weighted by Gasteiger charge is 2.05. The fraction of sp³-hybridized carbons (Fsp3) is 0.667. The van der Waals surface area contributed by atoms with Crippen molar-refractivity contribution in [1.29, 1.82) is 0 Å². The van der Waals surface area contributed by atoms with E-state index in [4.69, 9.17) is 11.5 Å². The Bertz CT molecular complexity index is 158. The monoisotopic (exact) mass is 159 g/mol. The van der Waals surface area contributed by atoms with E-state index in [1.54, 1.807) is 6.92 Å². The molecule has 0 aromatic carbocycles. The third kappa shape index (κ3) is 6.79. The SMILES string of the molecule is CC(CC(N)=O)NCC(N)=O. The van der Waals surface area contributed by atoms with Gasteiger partial charge in [-0.15, -0.1) is 0 Å². The van der Waals surface area contributed by atoms with Gasteiger partial charge in [-0.05, 0) is 6.92 Å². The number of hydrogen-bond acceptors (Lipinski definition) is 3. The van der Waals surface area contributed by atoms with Gasteiger partial charge in [0.25, 0.3) is 0 Å². The summed E-state index contributed by atoms with van der Waals surface area (Å²) in [5, 5.41) is 2.74. The molecule has 0 aliphatic carbocycles. The second kappa shape index (κ2) is 4.68. The lowest BCUT2D eigenvalue weighted by molar-refractivity contribution is -0.119. The minimum absolute atomic E-state index is 0.0778. The quantitative estimate of drug-likeness (QED) is 0.447. The molecule has 0 aliphatic rings. The number of carbonyl (C=O) groups excluding carboxylic acids is 2. The number of hydrogen-bond donors (Lipinski definition) is 3. The molecule has 5 heteroatoms. The molecule has 0 bridgehead atoms. The van der Waals surface area contributed by atoms with Crippen LogP contribution in [-0.4, -0.2) is 24.4 Å². The smallest absolute Gasteiger partial charge is 0.231 e. The van der Waals surface area contributed by atoms with E-state index >= 15 is 0 Å². The Labute approximate surface area is 65.1 Å². The molecule has 64 valence electrons. The van der Waals surface area contributed by atoms with Gasteiger partial charge in [-0.2, -0.15) is 0 Å². The fourth-order valence-electron chi connectivity index (χ4n) is 0.649. The van der Waals surface area contributed by atoms with E-state index in [2.05, 4.69) is 5.32 Å². The minimum Gasteiger partial charge on any atom is -0.370 e. The number of primary amides is 2. The first kappa shape index (κ1) is 9.90. The molecule has 0 spiro atoms. The summed E-state index contributed by atoms with van der Waals surface area (Å²) in [5.74, 6) is -0.837. The molecule has 0 fully saturated rings. The second-order valence-electron chi connectivity index (χ2n) is 2.42. The predicted molar refractivity (Wildman–Crippen MR) is 40.5 cm³/mol. The van der Waals surface area contributed by atoms with E-state index in [1.165, 1.54) is 0 Å². The van der Waals surface area contributed by atoms with Crippen LogP contribution in [0.25, 0.3) is 0 Å². The van der Waals surface area contributed by atoms with Gasteiger partial charge in [-0.3, -0.25) is 9.59 Å². The van der Waals surface area contributed by atoms with Crippen molar-refractivity contribution in [3.05, 3.63) is 0 Å². The lowest BCUT2D eigenvalue weighted by Crippen LogP contribution is -2.37. The van der Waals surface area contributed by atoms with Crippen molar-refractivity contribution < 1.29 is 9.59 Å². The second-order valence-corrected chi connectivity index (χ2v) is 2.42. The van der Waals surface area contributed by atoms with Gasteiger partial charge in [0.2, 0.25) is 11.8 Å². The average Bonchev–Trinajstić information content (AvgIpc) is 1.82. The van der Waals surface area contributed by atoms with Crippen LogP contribution < -0.4 is 16.8 Å². The van der Waals surface area contributed by atoms with E-state index in [0.29, 0.717) is 0 Å². The molecule has 0 saturated carbocycles. The van der Waals surface area contributed by atoms with E-state index in [-0.39, 0.29) is 19.0 Å². The summed E-state index contributed by atoms with van der Waals surface area (Å²) in [6, 6.07) is -0.0972. The molecule has 5 N–H and O–H groups in total. The molecule has 1 atom stereocenters. The molecule has 1 unspecified atom stereocenters. The van der Waals surface area contributed by atoms with Crippen LogP contribution >= 0.6 is 0 Å². The zero-order valence-corrected chi connectivity index (χ0v) is 6.46. The maximum absolute atomic E-state index is 10.3. The highest BCUT2D eigenvalue weighted by Crippen LogP contribution is 1.86. The normalized spacial score (nSPS) is 12.5. The Kier molecular flexibility index (Phi) is 4.21. The van der Waals surface area contributed by atoms with Crippen molar-refractivity contribution in [1.82, 2.24) is 5.32 Å². The van der Waals surface area contributed by atoms with Crippen molar-refractivity contribution in [3.63, 3.8) is 0 Å². The molecular weight excluding hydrogens is 146 g/mol. The summed E-state index contributed by atoms with van der Waals surface area (Å²) in [4.78, 5) is 20.6. The fourth-order valence-corrected chi connectivity index (χ4v) is 0.649. The molecule has 0 aliphatic heterocycles. The first-order valence-corrected chi connectivity index (χ1v) is 3.32. The van der Waals surface area contributed by atoms with Crippen LogP contribution in [0.1, 0.15) is 13.3 Å². The van der Waals surface area contributed by atoms with Crippen LogP contribution in [-0.2, 0) is 9.59 Å². The zero-order chi connectivity index (χ0) is 8.85. The van der Waals surface area contributed by atoms with Crippen molar-refractivity contribution >= 4 is 11.8 Å². The molecule has 2 amide bonds. The number of nitrogens with two attached hydrogens (primary N) is 2. The standard InChI is InChI=1S/C6H13N3O2/c1-4(2-5(7)10)9-3-6(8)11/h4,9H,2-3H2,1H3,(H2,7,10)(H2,8,11). The van der Waals surface area contributed by atoms with Crippen LogP contribution in [0.4, 0.5) is 0 Å². The highest BCUT2D eigenvalue weighted by atomic mass is 16.1. The molecule has 0 aromatic heterocycles. The number of amides is 2. The molecule has 5 nitrogen and oxygen atoms in total. The van der Waals surface area contributed by atoms with E-state index < -0.39 is 11.8 Å². The third-order valence-corrected chi connectivity index (χ3v) is 1.13. The van der Waals surface area contributed by atoms with Crippen LogP contribution in [0.15, 0.2) is 0 Å². The summed E-state index contributed by atoms with van der Waals surface area (Å²) in [6.07, 6.45) is 0.216. The van der Waals surface area contributed by atoms with Crippen molar-refractivity contribution in [2.45, 2.75) is 19.4 Å². The van der Waals surface area contributed by atoms with Gasteiger partial charge in [0.15, 0.2) is 0 Å². The van der Waals surface area contributed by atoms with E-state index in [0.717, 1.165) is 0 Å². The molecule has 11 heavy (non-hydrogen) atoms. The molecule has 0 saturated heterocycles. The number of carbonyl (C=O) groups is 2. The van der Waals surface area contributed by atoms with Gasteiger partial charge >= 0.3 is 0 Å². The van der Waals surface area contributed by atoms with Gasteiger partial charge in [-0.25, -0.2) is 0 Å². The van der Waals surface area contributed by atoms with E-state index in [9.17, 15) is 9.59 Å². The average molecular weight is 159 g/mol. The molecule has 0 aromatic rings. The summed E-state index contributed by atoms with van der Waals surface area (Å²) < 4.78 is 0. The Morgan fingerprint density at radius 2 is 1.91 bits per heavy atom. The summed E-state index contributed by atoms with van der Waals surface area (Å²) in [7, 11) is 0. The van der Waals surface area contributed by atoms with Crippen molar-refractivity contribution in [2.75, 3.05) is 6.54 Å². The molecule has 0 radical (unpaired) electrons. The predicted octanol–water partition coefficient (Wildman–Crippen LogP) is -1.67. The lowest BCUT2D eigenvalue weighted by Gasteiger charge is -2.08. The summed E-state index contributed by atoms with van der Waals surface area (Å²) in [6.45, 7) is 1.84. The first-order valence-electron chi connectivity index (χ1n) is 3.32. The Morgan fingerprint density at radius 3 is 2.27 bits per heavy atom. The maximum Gasteiger partial charge on any atom is 0.231 e. The van der Waals surface area contributed by atoms with Crippen LogP contribution in [0.2, 0.25) is 0 Å². The Morgan fingerprint density at radius 1 is 1.36 bits per heavy atom.